The Balaban J connectivity index is 1.54. The maximum Gasteiger partial charge on any atom is 0.222 e. The third kappa shape index (κ3) is 2.76. The zero-order valence-corrected chi connectivity index (χ0v) is 17.4. The summed E-state index contributed by atoms with van der Waals surface area (Å²) < 4.78 is 6.45. The van der Waals surface area contributed by atoms with Gasteiger partial charge in [0.25, 0.3) is 0 Å². The molecule has 29 heavy (non-hydrogen) atoms. The molecule has 2 aliphatic carbocycles. The fourth-order valence-corrected chi connectivity index (χ4v) is 6.93. The minimum atomic E-state index is -0.0966. The largest absolute Gasteiger partial charge is 0.396 e. The standard InChI is InChI=1S/C25H31NO3/c1-24(2)17-14-20-22(19-9-5-7-16-6-3-4-8-18(16)19)29-13-11-25(20,15-17)23(24)26-21(28)10-12-27/h3-9,17,20,22-23,27H,10-15H2,1-2H3,(H,26,28)/t17-,20-,22-,23-,25+/m1/s1. The van der Waals surface area contributed by atoms with E-state index in [1.54, 1.807) is 0 Å². The summed E-state index contributed by atoms with van der Waals surface area (Å²) in [5.41, 5.74) is 1.44. The minimum Gasteiger partial charge on any atom is -0.396 e. The average molecular weight is 394 g/mol. The topological polar surface area (TPSA) is 58.6 Å². The first kappa shape index (κ1) is 19.1. The molecule has 5 atom stereocenters. The van der Waals surface area contributed by atoms with Gasteiger partial charge in [-0.1, -0.05) is 56.3 Å². The Morgan fingerprint density at radius 1 is 1.21 bits per heavy atom. The van der Waals surface area contributed by atoms with Gasteiger partial charge in [-0.2, -0.15) is 0 Å². The van der Waals surface area contributed by atoms with Gasteiger partial charge < -0.3 is 15.2 Å². The van der Waals surface area contributed by atoms with Crippen LogP contribution in [0.1, 0.15) is 51.2 Å². The molecule has 154 valence electrons. The smallest absolute Gasteiger partial charge is 0.222 e. The van der Waals surface area contributed by atoms with E-state index in [9.17, 15) is 9.90 Å². The van der Waals surface area contributed by atoms with Crippen molar-refractivity contribution in [2.75, 3.05) is 13.2 Å². The Labute approximate surface area is 172 Å². The van der Waals surface area contributed by atoms with Crippen molar-refractivity contribution in [3.63, 3.8) is 0 Å². The number of hydrogen-bond donors (Lipinski definition) is 2. The van der Waals surface area contributed by atoms with Gasteiger partial charge in [0.2, 0.25) is 5.91 Å². The number of aliphatic hydroxyl groups excluding tert-OH is 1. The molecule has 3 aliphatic rings. The van der Waals surface area contributed by atoms with Crippen molar-refractivity contribution in [1.82, 2.24) is 5.32 Å². The number of aliphatic hydroxyl groups is 1. The molecule has 1 aliphatic heterocycles. The summed E-state index contributed by atoms with van der Waals surface area (Å²) in [6.07, 6.45) is 3.59. The zero-order chi connectivity index (χ0) is 20.2. The van der Waals surface area contributed by atoms with Crippen LogP contribution in [0.3, 0.4) is 0 Å². The summed E-state index contributed by atoms with van der Waals surface area (Å²) >= 11 is 0. The lowest BCUT2D eigenvalue weighted by Gasteiger charge is -2.53. The molecule has 4 heteroatoms. The summed E-state index contributed by atoms with van der Waals surface area (Å²) in [7, 11) is 0. The van der Waals surface area contributed by atoms with E-state index in [4.69, 9.17) is 4.74 Å². The zero-order valence-electron chi connectivity index (χ0n) is 17.4. The maximum absolute atomic E-state index is 12.5. The van der Waals surface area contributed by atoms with Crippen LogP contribution in [0.4, 0.5) is 0 Å². The highest BCUT2D eigenvalue weighted by Crippen LogP contribution is 2.70. The quantitative estimate of drug-likeness (QED) is 0.818. The van der Waals surface area contributed by atoms with Gasteiger partial charge in [0.1, 0.15) is 0 Å². The Morgan fingerprint density at radius 2 is 2.00 bits per heavy atom. The van der Waals surface area contributed by atoms with Gasteiger partial charge in [-0.15, -0.1) is 0 Å². The second kappa shape index (κ2) is 6.82. The molecule has 0 aromatic heterocycles. The van der Waals surface area contributed by atoms with Gasteiger partial charge in [0.05, 0.1) is 12.7 Å². The van der Waals surface area contributed by atoms with E-state index in [0.29, 0.717) is 11.8 Å². The highest BCUT2D eigenvalue weighted by Gasteiger charge is 2.68. The molecule has 4 nitrogen and oxygen atoms in total. The monoisotopic (exact) mass is 393 g/mol. The molecule has 1 amide bonds. The van der Waals surface area contributed by atoms with Crippen LogP contribution >= 0.6 is 0 Å². The summed E-state index contributed by atoms with van der Waals surface area (Å²) in [5.74, 6) is 0.977. The van der Waals surface area contributed by atoms with Crippen LogP contribution in [0.25, 0.3) is 10.8 Å². The van der Waals surface area contributed by atoms with Crippen LogP contribution in [-0.2, 0) is 9.53 Å². The van der Waals surface area contributed by atoms with Crippen molar-refractivity contribution in [2.24, 2.45) is 22.7 Å². The fourth-order valence-electron chi connectivity index (χ4n) is 6.93. The minimum absolute atomic E-state index is 0.0283. The van der Waals surface area contributed by atoms with Crippen LogP contribution in [0, 0.1) is 22.7 Å². The van der Waals surface area contributed by atoms with Crippen LogP contribution in [0.15, 0.2) is 42.5 Å². The van der Waals surface area contributed by atoms with E-state index in [1.165, 1.54) is 22.8 Å². The van der Waals surface area contributed by atoms with E-state index < -0.39 is 0 Å². The molecule has 2 aromatic carbocycles. The molecular formula is C25H31NO3. The lowest BCUT2D eigenvalue weighted by atomic mass is 9.58. The van der Waals surface area contributed by atoms with Gasteiger partial charge >= 0.3 is 0 Å². The third-order valence-electron chi connectivity index (χ3n) is 8.28. The normalized spacial score (nSPS) is 34.9. The average Bonchev–Trinajstić information content (AvgIpc) is 3.20. The van der Waals surface area contributed by atoms with Crippen molar-refractivity contribution < 1.29 is 14.6 Å². The predicted molar refractivity (Wildman–Crippen MR) is 113 cm³/mol. The molecule has 1 saturated heterocycles. The van der Waals surface area contributed by atoms with E-state index in [2.05, 4.69) is 61.6 Å². The van der Waals surface area contributed by atoms with Gasteiger partial charge in [-0.25, -0.2) is 0 Å². The molecule has 0 radical (unpaired) electrons. The van der Waals surface area contributed by atoms with E-state index >= 15 is 0 Å². The number of benzene rings is 2. The highest BCUT2D eigenvalue weighted by atomic mass is 16.5. The molecule has 1 heterocycles. The van der Waals surface area contributed by atoms with Crippen molar-refractivity contribution in [1.29, 1.82) is 0 Å². The molecule has 5 rings (SSSR count). The molecule has 0 unspecified atom stereocenters. The van der Waals surface area contributed by atoms with Crippen molar-refractivity contribution in [2.45, 2.75) is 51.7 Å². The van der Waals surface area contributed by atoms with Crippen molar-refractivity contribution >= 4 is 16.7 Å². The number of fused-ring (bicyclic) bond motifs is 2. The highest BCUT2D eigenvalue weighted by molar-refractivity contribution is 5.86. The first-order chi connectivity index (χ1) is 14.0. The third-order valence-corrected chi connectivity index (χ3v) is 8.28. The first-order valence-corrected chi connectivity index (χ1v) is 11.0. The lowest BCUT2D eigenvalue weighted by molar-refractivity contribution is -0.137. The van der Waals surface area contributed by atoms with Crippen LogP contribution in [0.5, 0.6) is 0 Å². The van der Waals surface area contributed by atoms with Crippen LogP contribution < -0.4 is 5.32 Å². The van der Waals surface area contributed by atoms with Gasteiger partial charge in [0.15, 0.2) is 0 Å². The maximum atomic E-state index is 12.5. The second-order valence-corrected chi connectivity index (χ2v) is 9.88. The number of amides is 1. The number of hydrogen-bond acceptors (Lipinski definition) is 3. The number of nitrogens with one attached hydrogen (secondary N) is 1. The summed E-state index contributed by atoms with van der Waals surface area (Å²) in [6, 6.07) is 15.2. The van der Waals surface area contributed by atoms with Crippen molar-refractivity contribution in [3.8, 4) is 0 Å². The van der Waals surface area contributed by atoms with Crippen LogP contribution in [0.2, 0.25) is 0 Å². The number of rotatable bonds is 4. The van der Waals surface area contributed by atoms with Gasteiger partial charge in [-0.05, 0) is 58.3 Å². The number of carbonyl (C=O) groups is 1. The van der Waals surface area contributed by atoms with Gasteiger partial charge in [-0.3, -0.25) is 4.79 Å². The molecule has 3 fully saturated rings. The van der Waals surface area contributed by atoms with Crippen LogP contribution in [-0.4, -0.2) is 30.3 Å². The molecule has 2 aromatic rings. The van der Waals surface area contributed by atoms with E-state index in [0.717, 1.165) is 19.4 Å². The summed E-state index contributed by atoms with van der Waals surface area (Å²) in [6.45, 7) is 5.27. The predicted octanol–water partition coefficient (Wildman–Crippen LogP) is 4.22. The van der Waals surface area contributed by atoms with E-state index in [-0.39, 0.29) is 41.9 Å². The number of carbonyl (C=O) groups excluding carboxylic acids is 1. The molecular weight excluding hydrogens is 362 g/mol. The molecule has 1 spiro atoms. The number of ether oxygens (including phenoxy) is 1. The fraction of sp³-hybridized carbons (Fsp3) is 0.560. The summed E-state index contributed by atoms with van der Waals surface area (Å²) in [5, 5.41) is 15.1. The molecule has 2 N–H and O–H groups in total. The summed E-state index contributed by atoms with van der Waals surface area (Å²) in [4.78, 5) is 12.5. The SMILES string of the molecule is CC1(C)[C@@H]2C[C@@H]3[C@@H](c4cccc5ccccc45)OCC[C@@]3(C2)[C@@H]1NC(=O)CCO. The molecule has 2 bridgehead atoms. The van der Waals surface area contributed by atoms with Gasteiger partial charge in [0, 0.05) is 19.1 Å². The van der Waals surface area contributed by atoms with Crippen molar-refractivity contribution in [3.05, 3.63) is 48.0 Å². The first-order valence-electron chi connectivity index (χ1n) is 11.0. The Kier molecular flexibility index (Phi) is 4.48. The molecule has 2 saturated carbocycles. The lowest BCUT2D eigenvalue weighted by Crippen LogP contribution is -2.59. The Hall–Kier alpha value is -1.91. The van der Waals surface area contributed by atoms with E-state index in [1.807, 2.05) is 0 Å². The Bertz CT molecular complexity index is 933. The second-order valence-electron chi connectivity index (χ2n) is 9.88. The Morgan fingerprint density at radius 3 is 2.83 bits per heavy atom.